The van der Waals surface area contributed by atoms with Gasteiger partial charge in [-0.15, -0.1) is 0 Å². The molecule has 0 N–H and O–H groups in total. The molecule has 0 atom stereocenters. The zero-order valence-electron chi connectivity index (χ0n) is 29.1. The third-order valence-corrected chi connectivity index (χ3v) is 11.6. The summed E-state index contributed by atoms with van der Waals surface area (Å²) < 4.78 is 6.22. The lowest BCUT2D eigenvalue weighted by Gasteiger charge is -2.25. The van der Waals surface area contributed by atoms with Crippen LogP contribution in [-0.4, -0.2) is 0 Å². The zero-order valence-corrected chi connectivity index (χ0v) is 29.1. The highest BCUT2D eigenvalue weighted by molar-refractivity contribution is 6.22. The van der Waals surface area contributed by atoms with E-state index < -0.39 is 0 Å². The number of para-hydroxylation sites is 1. The molecular weight excluding hydrogens is 629 g/mol. The topological polar surface area (TPSA) is 13.1 Å². The Balaban J connectivity index is 1.14. The maximum absolute atomic E-state index is 6.22. The third kappa shape index (κ3) is 4.05. The van der Waals surface area contributed by atoms with Crippen LogP contribution >= 0.6 is 0 Å². The summed E-state index contributed by atoms with van der Waals surface area (Å²) in [6, 6.07) is 62.4. The minimum Gasteiger partial charge on any atom is -0.456 e. The Labute approximate surface area is 302 Å². The van der Waals surface area contributed by atoms with Gasteiger partial charge in [0.2, 0.25) is 0 Å². The van der Waals surface area contributed by atoms with Crippen LogP contribution in [0.1, 0.15) is 25.0 Å². The number of hydrogen-bond donors (Lipinski definition) is 0. The van der Waals surface area contributed by atoms with E-state index in [0.717, 1.165) is 21.9 Å². The first-order chi connectivity index (χ1) is 25.6. The molecule has 0 unspecified atom stereocenters. The normalized spacial score (nSPS) is 13.3. The molecule has 0 amide bonds. The Bertz CT molecular complexity index is 3040. The van der Waals surface area contributed by atoms with Crippen LogP contribution in [0.3, 0.4) is 0 Å². The SMILES string of the molecule is CC1(C)c2ccc3ccccc3c2-c2cccc(-c3cccc(-c4c5ccccc5c(-c5ccc6oc7ccccc7c6c5)c5ccccc45)c3)c21. The van der Waals surface area contributed by atoms with Gasteiger partial charge in [-0.1, -0.05) is 159 Å². The lowest BCUT2D eigenvalue weighted by Crippen LogP contribution is -2.16. The van der Waals surface area contributed by atoms with Crippen LogP contribution in [-0.2, 0) is 5.41 Å². The second-order valence-corrected chi connectivity index (χ2v) is 14.8. The Morgan fingerprint density at radius 1 is 0.365 bits per heavy atom. The highest BCUT2D eigenvalue weighted by Gasteiger charge is 2.38. The van der Waals surface area contributed by atoms with E-state index in [0.29, 0.717) is 0 Å². The van der Waals surface area contributed by atoms with E-state index in [4.69, 9.17) is 4.42 Å². The molecule has 11 rings (SSSR count). The molecule has 9 aromatic carbocycles. The second kappa shape index (κ2) is 10.8. The fourth-order valence-electron chi connectivity index (χ4n) is 9.37. The van der Waals surface area contributed by atoms with E-state index in [2.05, 4.69) is 172 Å². The van der Waals surface area contributed by atoms with Gasteiger partial charge >= 0.3 is 0 Å². The van der Waals surface area contributed by atoms with Crippen molar-refractivity contribution in [2.45, 2.75) is 19.3 Å². The summed E-state index contributed by atoms with van der Waals surface area (Å²) in [5.41, 5.74) is 14.7. The maximum Gasteiger partial charge on any atom is 0.135 e. The highest BCUT2D eigenvalue weighted by atomic mass is 16.3. The maximum atomic E-state index is 6.22. The minimum absolute atomic E-state index is 0.135. The molecule has 1 aliphatic rings. The largest absolute Gasteiger partial charge is 0.456 e. The van der Waals surface area contributed by atoms with Gasteiger partial charge in [0, 0.05) is 16.2 Å². The first kappa shape index (κ1) is 29.3. The van der Waals surface area contributed by atoms with Gasteiger partial charge in [0.05, 0.1) is 0 Å². The number of rotatable bonds is 3. The van der Waals surface area contributed by atoms with Gasteiger partial charge in [-0.25, -0.2) is 0 Å². The van der Waals surface area contributed by atoms with Gasteiger partial charge in [0.1, 0.15) is 11.2 Å². The molecule has 1 heteroatoms. The molecule has 1 nitrogen and oxygen atoms in total. The summed E-state index contributed by atoms with van der Waals surface area (Å²) >= 11 is 0. The molecule has 244 valence electrons. The standard InChI is InChI=1S/C51H34O/c1-51(2)44-27-25-31-13-3-4-16-35(31)49(44)42-23-12-22-36(50(42)51)32-14-11-15-33(29-32)47-38-18-5-7-20-40(38)48(41-21-8-6-19-39(41)47)34-26-28-46-43(30-34)37-17-9-10-24-45(37)52-46/h3-30H,1-2H3. The summed E-state index contributed by atoms with van der Waals surface area (Å²) in [6.07, 6.45) is 0. The molecule has 0 aliphatic heterocycles. The van der Waals surface area contributed by atoms with E-state index in [9.17, 15) is 0 Å². The van der Waals surface area contributed by atoms with Crippen molar-refractivity contribution in [2.75, 3.05) is 0 Å². The Hall–Kier alpha value is -6.44. The lowest BCUT2D eigenvalue weighted by atomic mass is 9.78. The molecule has 52 heavy (non-hydrogen) atoms. The first-order valence-electron chi connectivity index (χ1n) is 18.2. The summed E-state index contributed by atoms with van der Waals surface area (Å²) in [7, 11) is 0. The average Bonchev–Trinajstić information content (AvgIpc) is 3.68. The summed E-state index contributed by atoms with van der Waals surface area (Å²) in [5.74, 6) is 0. The van der Waals surface area contributed by atoms with E-state index in [-0.39, 0.29) is 5.41 Å². The fraction of sp³-hybridized carbons (Fsp3) is 0.0588. The molecule has 1 heterocycles. The van der Waals surface area contributed by atoms with Crippen LogP contribution in [0.4, 0.5) is 0 Å². The van der Waals surface area contributed by atoms with Crippen molar-refractivity contribution in [3.63, 3.8) is 0 Å². The van der Waals surface area contributed by atoms with Crippen molar-refractivity contribution in [3.8, 4) is 44.5 Å². The minimum atomic E-state index is -0.135. The van der Waals surface area contributed by atoms with Gasteiger partial charge in [-0.2, -0.15) is 0 Å². The monoisotopic (exact) mass is 662 g/mol. The second-order valence-electron chi connectivity index (χ2n) is 14.8. The molecule has 0 saturated carbocycles. The van der Waals surface area contributed by atoms with Crippen molar-refractivity contribution in [2.24, 2.45) is 0 Å². The van der Waals surface area contributed by atoms with E-state index >= 15 is 0 Å². The molecule has 10 aromatic rings. The van der Waals surface area contributed by atoms with E-state index in [1.807, 2.05) is 12.1 Å². The van der Waals surface area contributed by atoms with E-state index in [1.54, 1.807) is 0 Å². The number of furan rings is 1. The molecule has 0 spiro atoms. The molecular formula is C51H34O. The molecule has 0 radical (unpaired) electrons. The van der Waals surface area contributed by atoms with Gasteiger partial charge in [0.25, 0.3) is 0 Å². The summed E-state index contributed by atoms with van der Waals surface area (Å²) in [4.78, 5) is 0. The number of hydrogen-bond acceptors (Lipinski definition) is 1. The van der Waals surface area contributed by atoms with Crippen molar-refractivity contribution in [1.29, 1.82) is 0 Å². The smallest absolute Gasteiger partial charge is 0.135 e. The Kier molecular flexibility index (Phi) is 6.08. The van der Waals surface area contributed by atoms with E-state index in [1.165, 1.54) is 88.0 Å². The first-order valence-corrected chi connectivity index (χ1v) is 18.2. The van der Waals surface area contributed by atoms with Crippen molar-refractivity contribution in [1.82, 2.24) is 0 Å². The molecule has 0 bridgehead atoms. The average molecular weight is 663 g/mol. The van der Waals surface area contributed by atoms with Crippen LogP contribution in [0.25, 0.3) is 98.8 Å². The van der Waals surface area contributed by atoms with Crippen molar-refractivity contribution >= 4 is 54.3 Å². The van der Waals surface area contributed by atoms with Gasteiger partial charge in [0.15, 0.2) is 0 Å². The molecule has 0 saturated heterocycles. The molecule has 1 aromatic heterocycles. The quantitative estimate of drug-likeness (QED) is 0.172. The van der Waals surface area contributed by atoms with Crippen LogP contribution in [0.15, 0.2) is 174 Å². The van der Waals surface area contributed by atoms with Crippen LogP contribution < -0.4 is 0 Å². The predicted molar refractivity (Wildman–Crippen MR) is 220 cm³/mol. The third-order valence-electron chi connectivity index (χ3n) is 11.6. The Morgan fingerprint density at radius 3 is 1.65 bits per heavy atom. The summed E-state index contributed by atoms with van der Waals surface area (Å²) in [5, 5.41) is 9.91. The van der Waals surface area contributed by atoms with Gasteiger partial charge < -0.3 is 4.42 Å². The van der Waals surface area contributed by atoms with Crippen molar-refractivity contribution < 1.29 is 4.42 Å². The van der Waals surface area contributed by atoms with Gasteiger partial charge in [-0.3, -0.25) is 0 Å². The number of fused-ring (bicyclic) bond motifs is 10. The summed E-state index contributed by atoms with van der Waals surface area (Å²) in [6.45, 7) is 4.78. The Morgan fingerprint density at radius 2 is 0.923 bits per heavy atom. The molecule has 1 aliphatic carbocycles. The highest BCUT2D eigenvalue weighted by Crippen LogP contribution is 2.54. The molecule has 0 fully saturated rings. The fourth-order valence-corrected chi connectivity index (χ4v) is 9.37. The van der Waals surface area contributed by atoms with Crippen LogP contribution in [0.2, 0.25) is 0 Å². The predicted octanol–water partition coefficient (Wildman–Crippen LogP) is 14.4. The lowest BCUT2D eigenvalue weighted by molar-refractivity contribution is 0.662. The van der Waals surface area contributed by atoms with Crippen LogP contribution in [0, 0.1) is 0 Å². The van der Waals surface area contributed by atoms with Crippen LogP contribution in [0.5, 0.6) is 0 Å². The zero-order chi connectivity index (χ0) is 34.6. The number of benzene rings is 9. The van der Waals surface area contributed by atoms with Crippen molar-refractivity contribution in [3.05, 3.63) is 181 Å². The van der Waals surface area contributed by atoms with Gasteiger partial charge in [-0.05, 0) is 112 Å².